The van der Waals surface area contributed by atoms with Crippen molar-refractivity contribution in [2.45, 2.75) is 20.0 Å². The highest BCUT2D eigenvalue weighted by Crippen LogP contribution is 2.19. The van der Waals surface area contributed by atoms with E-state index in [4.69, 9.17) is 0 Å². The largest absolute Gasteiger partial charge is 0.326 e. The lowest BCUT2D eigenvalue weighted by atomic mass is 10.1. The van der Waals surface area contributed by atoms with E-state index in [-0.39, 0.29) is 5.91 Å². The molecule has 1 amide bonds. The molecule has 1 aromatic rings. The molecule has 1 aliphatic rings. The van der Waals surface area contributed by atoms with Crippen LogP contribution in [-0.2, 0) is 17.9 Å². The Balaban J connectivity index is 2.25. The third-order valence-electron chi connectivity index (χ3n) is 2.16. The van der Waals surface area contributed by atoms with Crippen molar-refractivity contribution in [2.24, 2.45) is 0 Å². The standard InChI is InChI=1S/C10H12N2O/c1-7(13)12-10-3-2-8-5-11-6-9(8)4-10/h2-4,11H,5-6H2,1H3,(H,12,13). The smallest absolute Gasteiger partial charge is 0.221 e. The molecule has 1 aliphatic heterocycles. The van der Waals surface area contributed by atoms with Crippen molar-refractivity contribution in [3.8, 4) is 0 Å². The summed E-state index contributed by atoms with van der Waals surface area (Å²) in [5.41, 5.74) is 3.50. The van der Waals surface area contributed by atoms with Gasteiger partial charge in [-0.15, -0.1) is 0 Å². The molecular weight excluding hydrogens is 164 g/mol. The van der Waals surface area contributed by atoms with Crippen molar-refractivity contribution >= 4 is 11.6 Å². The highest BCUT2D eigenvalue weighted by molar-refractivity contribution is 5.88. The zero-order valence-corrected chi connectivity index (χ0v) is 7.55. The Bertz CT molecular complexity index is 347. The van der Waals surface area contributed by atoms with E-state index in [0.717, 1.165) is 18.8 Å². The molecule has 0 fully saturated rings. The fraction of sp³-hybridized carbons (Fsp3) is 0.300. The van der Waals surface area contributed by atoms with E-state index in [9.17, 15) is 4.79 Å². The number of amides is 1. The molecular formula is C10H12N2O. The first-order chi connectivity index (χ1) is 6.25. The summed E-state index contributed by atoms with van der Waals surface area (Å²) in [5, 5.41) is 6.02. The minimum Gasteiger partial charge on any atom is -0.326 e. The van der Waals surface area contributed by atoms with Gasteiger partial charge in [-0.2, -0.15) is 0 Å². The summed E-state index contributed by atoms with van der Waals surface area (Å²) < 4.78 is 0. The number of carbonyl (C=O) groups is 1. The Hall–Kier alpha value is -1.35. The lowest BCUT2D eigenvalue weighted by molar-refractivity contribution is -0.114. The first-order valence-corrected chi connectivity index (χ1v) is 4.36. The maximum absolute atomic E-state index is 10.8. The van der Waals surface area contributed by atoms with E-state index in [1.54, 1.807) is 0 Å². The molecule has 2 rings (SSSR count). The second kappa shape index (κ2) is 3.18. The predicted molar refractivity (Wildman–Crippen MR) is 51.3 cm³/mol. The van der Waals surface area contributed by atoms with Gasteiger partial charge in [0.05, 0.1) is 0 Å². The minimum atomic E-state index is -0.0223. The van der Waals surface area contributed by atoms with E-state index in [1.807, 2.05) is 12.1 Å². The minimum absolute atomic E-state index is 0.0223. The van der Waals surface area contributed by atoms with Crippen LogP contribution in [0.15, 0.2) is 18.2 Å². The van der Waals surface area contributed by atoms with Crippen LogP contribution in [0.1, 0.15) is 18.1 Å². The highest BCUT2D eigenvalue weighted by Gasteiger charge is 2.09. The average Bonchev–Trinajstić information content (AvgIpc) is 2.49. The number of anilines is 1. The van der Waals surface area contributed by atoms with Gasteiger partial charge in [-0.25, -0.2) is 0 Å². The zero-order chi connectivity index (χ0) is 9.26. The first-order valence-electron chi connectivity index (χ1n) is 4.36. The Kier molecular flexibility index (Phi) is 2.02. The Morgan fingerprint density at radius 1 is 1.38 bits per heavy atom. The molecule has 13 heavy (non-hydrogen) atoms. The van der Waals surface area contributed by atoms with Gasteiger partial charge in [-0.05, 0) is 23.3 Å². The van der Waals surface area contributed by atoms with Crippen molar-refractivity contribution in [2.75, 3.05) is 5.32 Å². The molecule has 68 valence electrons. The van der Waals surface area contributed by atoms with Crippen LogP contribution in [0.4, 0.5) is 5.69 Å². The van der Waals surface area contributed by atoms with Gasteiger partial charge in [0.15, 0.2) is 0 Å². The third kappa shape index (κ3) is 1.70. The van der Waals surface area contributed by atoms with Crippen LogP contribution in [0.2, 0.25) is 0 Å². The highest BCUT2D eigenvalue weighted by atomic mass is 16.1. The van der Waals surface area contributed by atoms with Gasteiger partial charge in [-0.3, -0.25) is 4.79 Å². The lowest BCUT2D eigenvalue weighted by Crippen LogP contribution is -2.05. The molecule has 1 heterocycles. The fourth-order valence-electron chi connectivity index (χ4n) is 1.58. The van der Waals surface area contributed by atoms with Gasteiger partial charge in [0, 0.05) is 25.7 Å². The van der Waals surface area contributed by atoms with Gasteiger partial charge in [0.25, 0.3) is 0 Å². The fourth-order valence-corrected chi connectivity index (χ4v) is 1.58. The maximum Gasteiger partial charge on any atom is 0.221 e. The number of nitrogens with one attached hydrogen (secondary N) is 2. The van der Waals surface area contributed by atoms with Gasteiger partial charge < -0.3 is 10.6 Å². The normalized spacial score (nSPS) is 13.9. The molecule has 1 aromatic carbocycles. The van der Waals surface area contributed by atoms with E-state index in [0.29, 0.717) is 0 Å². The average molecular weight is 176 g/mol. The number of hydrogen-bond donors (Lipinski definition) is 2. The zero-order valence-electron chi connectivity index (χ0n) is 7.55. The van der Waals surface area contributed by atoms with Crippen molar-refractivity contribution in [1.82, 2.24) is 5.32 Å². The van der Waals surface area contributed by atoms with Crippen molar-refractivity contribution < 1.29 is 4.79 Å². The van der Waals surface area contributed by atoms with Crippen molar-refractivity contribution in [3.05, 3.63) is 29.3 Å². The molecule has 0 aromatic heterocycles. The summed E-state index contributed by atoms with van der Waals surface area (Å²) in [6.07, 6.45) is 0. The molecule has 3 heteroatoms. The summed E-state index contributed by atoms with van der Waals surface area (Å²) >= 11 is 0. The van der Waals surface area contributed by atoms with E-state index >= 15 is 0 Å². The third-order valence-corrected chi connectivity index (χ3v) is 2.16. The first kappa shape index (κ1) is 8.26. The number of fused-ring (bicyclic) bond motifs is 1. The van der Waals surface area contributed by atoms with Crippen molar-refractivity contribution in [1.29, 1.82) is 0 Å². The van der Waals surface area contributed by atoms with Gasteiger partial charge >= 0.3 is 0 Å². The lowest BCUT2D eigenvalue weighted by Gasteiger charge is -2.03. The summed E-state index contributed by atoms with van der Waals surface area (Å²) in [5.74, 6) is -0.0223. The van der Waals surface area contributed by atoms with Gasteiger partial charge in [0.1, 0.15) is 0 Å². The Morgan fingerprint density at radius 3 is 2.92 bits per heavy atom. The molecule has 0 unspecified atom stereocenters. The summed E-state index contributed by atoms with van der Waals surface area (Å²) in [6, 6.07) is 6.02. The maximum atomic E-state index is 10.8. The van der Waals surface area contributed by atoms with Crippen LogP contribution < -0.4 is 10.6 Å². The van der Waals surface area contributed by atoms with Crippen LogP contribution >= 0.6 is 0 Å². The van der Waals surface area contributed by atoms with Gasteiger partial charge in [0.2, 0.25) is 5.91 Å². The second-order valence-corrected chi connectivity index (χ2v) is 3.27. The topological polar surface area (TPSA) is 41.1 Å². The molecule has 0 atom stereocenters. The van der Waals surface area contributed by atoms with Crippen LogP contribution in [0, 0.1) is 0 Å². The SMILES string of the molecule is CC(=O)Nc1ccc2c(c1)CNC2. The van der Waals surface area contributed by atoms with Gasteiger partial charge in [-0.1, -0.05) is 6.07 Å². The summed E-state index contributed by atoms with van der Waals surface area (Å²) in [7, 11) is 0. The Morgan fingerprint density at radius 2 is 2.15 bits per heavy atom. The van der Waals surface area contributed by atoms with E-state index < -0.39 is 0 Å². The predicted octanol–water partition coefficient (Wildman–Crippen LogP) is 1.25. The molecule has 0 aliphatic carbocycles. The molecule has 2 N–H and O–H groups in total. The number of rotatable bonds is 1. The quantitative estimate of drug-likeness (QED) is 0.676. The van der Waals surface area contributed by atoms with Crippen LogP contribution in [0.5, 0.6) is 0 Å². The van der Waals surface area contributed by atoms with Crippen molar-refractivity contribution in [3.63, 3.8) is 0 Å². The molecule has 0 radical (unpaired) electrons. The second-order valence-electron chi connectivity index (χ2n) is 3.27. The van der Waals surface area contributed by atoms with Crippen LogP contribution in [0.25, 0.3) is 0 Å². The van der Waals surface area contributed by atoms with E-state index in [1.165, 1.54) is 18.1 Å². The number of carbonyl (C=O) groups excluding carboxylic acids is 1. The summed E-state index contributed by atoms with van der Waals surface area (Å²) in [6.45, 7) is 3.36. The van der Waals surface area contributed by atoms with Crippen LogP contribution in [-0.4, -0.2) is 5.91 Å². The Labute approximate surface area is 77.1 Å². The molecule has 3 nitrogen and oxygen atoms in total. The summed E-state index contributed by atoms with van der Waals surface area (Å²) in [4.78, 5) is 10.8. The molecule has 0 spiro atoms. The van der Waals surface area contributed by atoms with E-state index in [2.05, 4.69) is 16.7 Å². The molecule has 0 saturated heterocycles. The number of hydrogen-bond acceptors (Lipinski definition) is 2. The molecule has 0 bridgehead atoms. The number of benzene rings is 1. The monoisotopic (exact) mass is 176 g/mol. The van der Waals surface area contributed by atoms with Crippen LogP contribution in [0.3, 0.4) is 0 Å². The molecule has 0 saturated carbocycles.